The second kappa shape index (κ2) is 9.11. The molecule has 0 saturated carbocycles. The van der Waals surface area contributed by atoms with Crippen molar-refractivity contribution in [3.63, 3.8) is 0 Å². The molecule has 0 spiro atoms. The van der Waals surface area contributed by atoms with Gasteiger partial charge in [-0.05, 0) is 50.0 Å². The van der Waals surface area contributed by atoms with Crippen molar-refractivity contribution >= 4 is 5.91 Å². The fraction of sp³-hybridized carbons (Fsp3) is 0.611. The fourth-order valence-corrected chi connectivity index (χ4v) is 2.90. The van der Waals surface area contributed by atoms with E-state index in [0.29, 0.717) is 17.7 Å². The highest BCUT2D eigenvalue weighted by Crippen LogP contribution is 2.16. The number of rotatable bonds is 7. The number of ether oxygens (including phenoxy) is 1. The van der Waals surface area contributed by atoms with Gasteiger partial charge in [0.25, 0.3) is 5.91 Å². The van der Waals surface area contributed by atoms with Crippen molar-refractivity contribution in [2.75, 3.05) is 33.3 Å². The molecule has 2 N–H and O–H groups in total. The maximum absolute atomic E-state index is 13.6. The summed E-state index contributed by atoms with van der Waals surface area (Å²) in [4.78, 5) is 14.4. The van der Waals surface area contributed by atoms with E-state index in [1.54, 1.807) is 0 Å². The van der Waals surface area contributed by atoms with Crippen LogP contribution in [-0.2, 0) is 11.3 Å². The number of methoxy groups -OCH3 is 1. The molecule has 1 aliphatic rings. The second-order valence-electron chi connectivity index (χ2n) is 6.59. The lowest BCUT2D eigenvalue weighted by molar-refractivity contribution is 0.0795. The minimum Gasteiger partial charge on any atom is -0.390 e. The molecule has 0 aromatic heterocycles. The smallest absolute Gasteiger partial charge is 0.251 e. The van der Waals surface area contributed by atoms with Gasteiger partial charge in [-0.3, -0.25) is 4.79 Å². The SMILES string of the molecule is COCc1cc(C(=O)NCC(O)CN2CCC(C)CC2)ccc1F. The summed E-state index contributed by atoms with van der Waals surface area (Å²) in [7, 11) is 1.48. The number of aliphatic hydroxyl groups is 1. The molecular formula is C18H27FN2O3. The van der Waals surface area contributed by atoms with Crippen LogP contribution in [0.2, 0.25) is 0 Å². The number of β-amino-alcohol motifs (C(OH)–C–C–N with tert-alkyl or cyclic N) is 1. The summed E-state index contributed by atoms with van der Waals surface area (Å²) in [5.74, 6) is 0.0318. The quantitative estimate of drug-likeness (QED) is 0.796. The van der Waals surface area contributed by atoms with Crippen LogP contribution in [-0.4, -0.2) is 55.3 Å². The number of carbonyl (C=O) groups excluding carboxylic acids is 1. The summed E-state index contributed by atoms with van der Waals surface area (Å²) >= 11 is 0. The van der Waals surface area contributed by atoms with Gasteiger partial charge in [0, 0.05) is 31.3 Å². The molecule has 1 aliphatic heterocycles. The van der Waals surface area contributed by atoms with E-state index in [4.69, 9.17) is 4.74 Å². The Morgan fingerprint density at radius 2 is 2.17 bits per heavy atom. The van der Waals surface area contributed by atoms with Gasteiger partial charge in [0.1, 0.15) is 5.82 Å². The third kappa shape index (κ3) is 5.54. The Morgan fingerprint density at radius 3 is 2.83 bits per heavy atom. The van der Waals surface area contributed by atoms with E-state index in [0.717, 1.165) is 31.8 Å². The number of hydrogen-bond donors (Lipinski definition) is 2. The molecule has 1 amide bonds. The minimum absolute atomic E-state index is 0.114. The van der Waals surface area contributed by atoms with Crippen LogP contribution < -0.4 is 5.32 Å². The molecule has 0 radical (unpaired) electrons. The van der Waals surface area contributed by atoms with Crippen molar-refractivity contribution in [3.8, 4) is 0 Å². The van der Waals surface area contributed by atoms with E-state index < -0.39 is 11.9 Å². The third-order valence-corrected chi connectivity index (χ3v) is 4.45. The maximum atomic E-state index is 13.6. The van der Waals surface area contributed by atoms with Gasteiger partial charge >= 0.3 is 0 Å². The monoisotopic (exact) mass is 338 g/mol. The number of benzene rings is 1. The lowest BCUT2D eigenvalue weighted by Crippen LogP contribution is -2.43. The van der Waals surface area contributed by atoms with Crippen LogP contribution in [0.3, 0.4) is 0 Å². The molecule has 1 aromatic rings. The number of hydrogen-bond acceptors (Lipinski definition) is 4. The highest BCUT2D eigenvalue weighted by Gasteiger charge is 2.19. The molecule has 0 bridgehead atoms. The summed E-state index contributed by atoms with van der Waals surface area (Å²) in [6.45, 7) is 5.08. The Labute approximate surface area is 142 Å². The van der Waals surface area contributed by atoms with Gasteiger partial charge in [-0.25, -0.2) is 4.39 Å². The zero-order valence-corrected chi connectivity index (χ0v) is 14.4. The summed E-state index contributed by atoms with van der Waals surface area (Å²) in [5.41, 5.74) is 0.704. The van der Waals surface area contributed by atoms with E-state index in [9.17, 15) is 14.3 Å². The normalized spacial score (nSPS) is 17.7. The Balaban J connectivity index is 1.80. The number of halogens is 1. The third-order valence-electron chi connectivity index (χ3n) is 4.45. The number of carbonyl (C=O) groups is 1. The first kappa shape index (κ1) is 18.8. The van der Waals surface area contributed by atoms with Crippen molar-refractivity contribution in [2.45, 2.75) is 32.5 Å². The first-order chi connectivity index (χ1) is 11.5. The van der Waals surface area contributed by atoms with Crippen molar-refractivity contribution < 1.29 is 19.0 Å². The van der Waals surface area contributed by atoms with Crippen LogP contribution in [0.1, 0.15) is 35.7 Å². The topological polar surface area (TPSA) is 61.8 Å². The van der Waals surface area contributed by atoms with Crippen LogP contribution in [0.15, 0.2) is 18.2 Å². The Morgan fingerprint density at radius 1 is 1.46 bits per heavy atom. The van der Waals surface area contributed by atoms with Crippen LogP contribution in [0.4, 0.5) is 4.39 Å². The van der Waals surface area contributed by atoms with Gasteiger partial charge < -0.3 is 20.1 Å². The van der Waals surface area contributed by atoms with Crippen LogP contribution >= 0.6 is 0 Å². The first-order valence-corrected chi connectivity index (χ1v) is 8.45. The van der Waals surface area contributed by atoms with E-state index in [1.165, 1.54) is 25.3 Å². The van der Waals surface area contributed by atoms with Gasteiger partial charge in [-0.2, -0.15) is 0 Å². The maximum Gasteiger partial charge on any atom is 0.251 e. The van der Waals surface area contributed by atoms with Crippen molar-refractivity contribution in [1.82, 2.24) is 10.2 Å². The van der Waals surface area contributed by atoms with Crippen LogP contribution in [0, 0.1) is 11.7 Å². The number of amides is 1. The number of likely N-dealkylation sites (tertiary alicyclic amines) is 1. The van der Waals surface area contributed by atoms with Gasteiger partial charge in [0.15, 0.2) is 0 Å². The molecule has 1 heterocycles. The highest BCUT2D eigenvalue weighted by atomic mass is 19.1. The lowest BCUT2D eigenvalue weighted by Gasteiger charge is -2.31. The largest absolute Gasteiger partial charge is 0.390 e. The average molecular weight is 338 g/mol. The molecule has 2 rings (SSSR count). The first-order valence-electron chi connectivity index (χ1n) is 8.45. The molecule has 1 atom stereocenters. The Kier molecular flexibility index (Phi) is 7.15. The number of nitrogens with zero attached hydrogens (tertiary/aromatic N) is 1. The molecular weight excluding hydrogens is 311 g/mol. The van der Waals surface area contributed by atoms with Gasteiger partial charge in [0.05, 0.1) is 12.7 Å². The zero-order valence-electron chi connectivity index (χ0n) is 14.4. The van der Waals surface area contributed by atoms with Crippen molar-refractivity contribution in [3.05, 3.63) is 35.1 Å². The van der Waals surface area contributed by atoms with Gasteiger partial charge in [-0.15, -0.1) is 0 Å². The molecule has 1 fully saturated rings. The number of piperidine rings is 1. The molecule has 1 unspecified atom stereocenters. The van der Waals surface area contributed by atoms with E-state index in [2.05, 4.69) is 17.1 Å². The summed E-state index contributed by atoms with van der Waals surface area (Å²) in [6.07, 6.45) is 1.69. The van der Waals surface area contributed by atoms with E-state index in [1.807, 2.05) is 0 Å². The van der Waals surface area contributed by atoms with Crippen LogP contribution in [0.5, 0.6) is 0 Å². The predicted octanol–water partition coefficient (Wildman–Crippen LogP) is 1.79. The number of nitrogens with one attached hydrogen (secondary N) is 1. The summed E-state index contributed by atoms with van der Waals surface area (Å²) < 4.78 is 18.5. The lowest BCUT2D eigenvalue weighted by atomic mass is 9.99. The summed E-state index contributed by atoms with van der Waals surface area (Å²) in [6, 6.07) is 4.17. The summed E-state index contributed by atoms with van der Waals surface area (Å²) in [5, 5.41) is 12.8. The van der Waals surface area contributed by atoms with E-state index in [-0.39, 0.29) is 19.1 Å². The predicted molar refractivity (Wildman–Crippen MR) is 90.3 cm³/mol. The molecule has 6 heteroatoms. The molecule has 5 nitrogen and oxygen atoms in total. The zero-order chi connectivity index (χ0) is 17.5. The van der Waals surface area contributed by atoms with Gasteiger partial charge in [0.2, 0.25) is 0 Å². The Hall–Kier alpha value is -1.50. The minimum atomic E-state index is -0.610. The standard InChI is InChI=1S/C18H27FN2O3/c1-13-5-7-21(8-6-13)11-16(22)10-20-18(23)14-3-4-17(19)15(9-14)12-24-2/h3-4,9,13,16,22H,5-8,10-12H2,1-2H3,(H,20,23). The molecule has 134 valence electrons. The average Bonchev–Trinajstić information content (AvgIpc) is 2.57. The van der Waals surface area contributed by atoms with Gasteiger partial charge in [-0.1, -0.05) is 6.92 Å². The highest BCUT2D eigenvalue weighted by molar-refractivity contribution is 5.94. The molecule has 1 saturated heterocycles. The van der Waals surface area contributed by atoms with Crippen molar-refractivity contribution in [1.29, 1.82) is 0 Å². The Bertz CT molecular complexity index is 545. The molecule has 24 heavy (non-hydrogen) atoms. The van der Waals surface area contributed by atoms with Crippen LogP contribution in [0.25, 0.3) is 0 Å². The number of aliphatic hydroxyl groups excluding tert-OH is 1. The molecule has 1 aromatic carbocycles. The molecule has 0 aliphatic carbocycles. The fourth-order valence-electron chi connectivity index (χ4n) is 2.90. The van der Waals surface area contributed by atoms with Crippen molar-refractivity contribution in [2.24, 2.45) is 5.92 Å². The van der Waals surface area contributed by atoms with E-state index >= 15 is 0 Å². The second-order valence-corrected chi connectivity index (χ2v) is 6.59.